The summed E-state index contributed by atoms with van der Waals surface area (Å²) in [5, 5.41) is 14.2. The zero-order valence-electron chi connectivity index (χ0n) is 12.1. The Kier molecular flexibility index (Phi) is 4.61. The molecule has 0 bridgehead atoms. The summed E-state index contributed by atoms with van der Waals surface area (Å²) in [6.07, 6.45) is 1.72. The highest BCUT2D eigenvalue weighted by Gasteiger charge is 2.05. The summed E-state index contributed by atoms with van der Waals surface area (Å²) in [5.74, 6) is 0.669. The lowest BCUT2D eigenvalue weighted by molar-refractivity contribution is 0.175. The van der Waals surface area contributed by atoms with Gasteiger partial charge in [0.15, 0.2) is 0 Å². The van der Waals surface area contributed by atoms with E-state index in [9.17, 15) is 5.11 Å². The molecular weight excluding hydrogens is 236 g/mol. The van der Waals surface area contributed by atoms with Crippen molar-refractivity contribution in [3.8, 4) is 0 Å². The maximum atomic E-state index is 9.52. The highest BCUT2D eigenvalue weighted by atomic mass is 16.3. The normalized spacial score (nSPS) is 13.3. The van der Waals surface area contributed by atoms with Crippen molar-refractivity contribution in [2.24, 2.45) is 5.92 Å². The summed E-state index contributed by atoms with van der Waals surface area (Å²) in [4.78, 5) is 0. The largest absolute Gasteiger partial charge is 0.392 e. The lowest BCUT2D eigenvalue weighted by atomic mass is 10.1. The molecule has 0 saturated heterocycles. The van der Waals surface area contributed by atoms with Gasteiger partial charge in [0.1, 0.15) is 0 Å². The average Bonchev–Trinajstić information content (AvgIpc) is 2.71. The number of aromatic nitrogens is 1. The number of nitrogens with zero attached hydrogens (tertiary/aromatic N) is 1. The maximum Gasteiger partial charge on any atom is 0.0691 e. The van der Waals surface area contributed by atoms with Crippen LogP contribution in [0.2, 0.25) is 0 Å². The molecule has 2 aromatic rings. The van der Waals surface area contributed by atoms with Crippen molar-refractivity contribution in [1.29, 1.82) is 0 Å². The molecule has 3 nitrogen and oxygen atoms in total. The summed E-state index contributed by atoms with van der Waals surface area (Å²) >= 11 is 0. The van der Waals surface area contributed by atoms with Crippen molar-refractivity contribution >= 4 is 10.9 Å². The number of benzene rings is 1. The molecule has 0 saturated carbocycles. The van der Waals surface area contributed by atoms with Gasteiger partial charge in [0.05, 0.1) is 6.10 Å². The summed E-state index contributed by atoms with van der Waals surface area (Å²) in [6, 6.07) is 8.64. The fourth-order valence-corrected chi connectivity index (χ4v) is 2.29. The predicted molar refractivity (Wildman–Crippen MR) is 80.2 cm³/mol. The molecule has 0 aliphatic heterocycles. The van der Waals surface area contributed by atoms with E-state index in [4.69, 9.17) is 0 Å². The minimum Gasteiger partial charge on any atom is -0.392 e. The van der Waals surface area contributed by atoms with E-state index in [-0.39, 0.29) is 6.10 Å². The first-order chi connectivity index (χ1) is 9.06. The van der Waals surface area contributed by atoms with E-state index in [1.165, 1.54) is 16.5 Å². The molecule has 1 aromatic heterocycles. The van der Waals surface area contributed by atoms with Crippen LogP contribution < -0.4 is 5.32 Å². The Balaban J connectivity index is 2.13. The molecule has 0 spiro atoms. The molecule has 0 radical (unpaired) electrons. The Morgan fingerprint density at radius 2 is 2.00 bits per heavy atom. The van der Waals surface area contributed by atoms with Gasteiger partial charge in [0.2, 0.25) is 0 Å². The van der Waals surface area contributed by atoms with Gasteiger partial charge in [-0.05, 0) is 42.5 Å². The Morgan fingerprint density at radius 3 is 2.68 bits per heavy atom. The molecule has 2 rings (SSSR count). The van der Waals surface area contributed by atoms with Gasteiger partial charge in [-0.25, -0.2) is 0 Å². The molecule has 1 heterocycles. The minimum absolute atomic E-state index is 0.321. The summed E-state index contributed by atoms with van der Waals surface area (Å²) in [6.45, 7) is 8.82. The molecule has 3 heteroatoms. The van der Waals surface area contributed by atoms with Gasteiger partial charge in [-0.15, -0.1) is 0 Å². The quantitative estimate of drug-likeness (QED) is 0.838. The molecule has 0 fully saturated rings. The Hall–Kier alpha value is -1.32. The van der Waals surface area contributed by atoms with Gasteiger partial charge in [-0.1, -0.05) is 26.0 Å². The zero-order valence-corrected chi connectivity index (χ0v) is 12.1. The van der Waals surface area contributed by atoms with Crippen molar-refractivity contribution in [2.45, 2.75) is 40.0 Å². The minimum atomic E-state index is -0.321. The fourth-order valence-electron chi connectivity index (χ4n) is 2.29. The number of nitrogens with one attached hydrogen (secondary N) is 1. The smallest absolute Gasteiger partial charge is 0.0691 e. The predicted octanol–water partition coefficient (Wildman–Crippen LogP) is 2.77. The van der Waals surface area contributed by atoms with Crippen LogP contribution in [-0.4, -0.2) is 22.3 Å². The highest BCUT2D eigenvalue weighted by molar-refractivity contribution is 5.80. The van der Waals surface area contributed by atoms with Gasteiger partial charge < -0.3 is 15.0 Å². The third kappa shape index (κ3) is 3.82. The summed E-state index contributed by atoms with van der Waals surface area (Å²) in [7, 11) is 0. The Morgan fingerprint density at radius 1 is 1.21 bits per heavy atom. The molecule has 2 N–H and O–H groups in total. The first-order valence-corrected chi connectivity index (χ1v) is 7.03. The van der Waals surface area contributed by atoms with E-state index in [1.54, 1.807) is 0 Å². The Bertz CT molecular complexity index is 529. The van der Waals surface area contributed by atoms with Crippen LogP contribution in [0.25, 0.3) is 10.9 Å². The van der Waals surface area contributed by atoms with Crippen molar-refractivity contribution in [3.63, 3.8) is 0 Å². The van der Waals surface area contributed by atoms with Crippen LogP contribution in [0.15, 0.2) is 30.5 Å². The summed E-state index contributed by atoms with van der Waals surface area (Å²) in [5.41, 5.74) is 2.49. The second-order valence-electron chi connectivity index (χ2n) is 5.74. The molecular formula is C16H24N2O. The van der Waals surface area contributed by atoms with E-state index in [0.717, 1.165) is 13.1 Å². The average molecular weight is 260 g/mol. The van der Waals surface area contributed by atoms with E-state index < -0.39 is 0 Å². The molecule has 0 aliphatic rings. The van der Waals surface area contributed by atoms with Crippen LogP contribution in [0.4, 0.5) is 0 Å². The van der Waals surface area contributed by atoms with Gasteiger partial charge in [0.25, 0.3) is 0 Å². The zero-order chi connectivity index (χ0) is 13.8. The first kappa shape index (κ1) is 14.1. The van der Waals surface area contributed by atoms with E-state index >= 15 is 0 Å². The first-order valence-electron chi connectivity index (χ1n) is 7.03. The van der Waals surface area contributed by atoms with Crippen LogP contribution >= 0.6 is 0 Å². The molecule has 1 atom stereocenters. The van der Waals surface area contributed by atoms with E-state index in [1.807, 2.05) is 13.1 Å². The lowest BCUT2D eigenvalue weighted by Gasteiger charge is -2.10. The van der Waals surface area contributed by atoms with Gasteiger partial charge in [0, 0.05) is 24.8 Å². The van der Waals surface area contributed by atoms with Gasteiger partial charge >= 0.3 is 0 Å². The third-order valence-electron chi connectivity index (χ3n) is 3.18. The van der Waals surface area contributed by atoms with Crippen LogP contribution in [0.1, 0.15) is 26.3 Å². The molecule has 1 unspecified atom stereocenters. The van der Waals surface area contributed by atoms with Crippen LogP contribution in [-0.2, 0) is 13.1 Å². The van der Waals surface area contributed by atoms with Crippen molar-refractivity contribution in [2.75, 3.05) is 6.54 Å². The SMILES string of the molecule is CC(C)CNCc1ccc2ccn(CC(C)O)c2c1. The lowest BCUT2D eigenvalue weighted by Crippen LogP contribution is -2.19. The van der Waals surface area contributed by atoms with E-state index in [2.05, 4.69) is 48.0 Å². The molecule has 104 valence electrons. The van der Waals surface area contributed by atoms with Crippen LogP contribution in [0.5, 0.6) is 0 Å². The maximum absolute atomic E-state index is 9.52. The second kappa shape index (κ2) is 6.22. The number of aliphatic hydroxyl groups is 1. The van der Waals surface area contributed by atoms with Crippen molar-refractivity contribution in [1.82, 2.24) is 9.88 Å². The van der Waals surface area contributed by atoms with Crippen molar-refractivity contribution in [3.05, 3.63) is 36.0 Å². The molecule has 0 amide bonds. The van der Waals surface area contributed by atoms with Gasteiger partial charge in [-0.2, -0.15) is 0 Å². The molecule has 1 aromatic carbocycles. The van der Waals surface area contributed by atoms with Crippen molar-refractivity contribution < 1.29 is 5.11 Å². The third-order valence-corrected chi connectivity index (χ3v) is 3.18. The van der Waals surface area contributed by atoms with E-state index in [0.29, 0.717) is 12.5 Å². The number of aliphatic hydroxyl groups excluding tert-OH is 1. The summed E-state index contributed by atoms with van der Waals surface area (Å²) < 4.78 is 2.12. The number of fused-ring (bicyclic) bond motifs is 1. The topological polar surface area (TPSA) is 37.2 Å². The van der Waals surface area contributed by atoms with Crippen LogP contribution in [0, 0.1) is 5.92 Å². The number of hydrogen-bond acceptors (Lipinski definition) is 2. The highest BCUT2D eigenvalue weighted by Crippen LogP contribution is 2.18. The fraction of sp³-hybridized carbons (Fsp3) is 0.500. The van der Waals surface area contributed by atoms with Gasteiger partial charge in [-0.3, -0.25) is 0 Å². The molecule has 19 heavy (non-hydrogen) atoms. The standard InChI is InChI=1S/C16H24N2O/c1-12(2)9-17-10-14-4-5-15-6-7-18(11-13(3)19)16(15)8-14/h4-8,12-13,17,19H,9-11H2,1-3H3. The molecule has 0 aliphatic carbocycles. The Labute approximate surface area is 115 Å². The second-order valence-corrected chi connectivity index (χ2v) is 5.74. The monoisotopic (exact) mass is 260 g/mol. The van der Waals surface area contributed by atoms with Crippen LogP contribution in [0.3, 0.4) is 0 Å². The number of hydrogen-bond donors (Lipinski definition) is 2. The number of rotatable bonds is 6.